The predicted molar refractivity (Wildman–Crippen MR) is 128 cm³/mol. The van der Waals surface area contributed by atoms with Gasteiger partial charge in [-0.05, 0) is 62.0 Å². The number of benzene rings is 2. The van der Waals surface area contributed by atoms with Crippen molar-refractivity contribution in [1.29, 1.82) is 0 Å². The van der Waals surface area contributed by atoms with Crippen molar-refractivity contribution < 1.29 is 17.6 Å². The maximum absolute atomic E-state index is 13.2. The molecule has 1 aromatic heterocycles. The van der Waals surface area contributed by atoms with Crippen molar-refractivity contribution in [2.45, 2.75) is 25.7 Å². The molecule has 1 amide bonds. The second-order valence-electron chi connectivity index (χ2n) is 7.30. The molecule has 0 aliphatic rings. The van der Waals surface area contributed by atoms with Crippen LogP contribution in [0.1, 0.15) is 19.4 Å². The topological polar surface area (TPSA) is 70.6 Å². The fourth-order valence-electron chi connectivity index (χ4n) is 3.28. The highest BCUT2D eigenvalue weighted by atomic mass is 35.5. The van der Waals surface area contributed by atoms with Gasteiger partial charge >= 0.3 is 0 Å². The lowest BCUT2D eigenvalue weighted by molar-refractivity contribution is -0.116. The fourth-order valence-corrected chi connectivity index (χ4v) is 5.70. The number of fused-ring (bicyclic) bond motifs is 1. The molecule has 0 aliphatic heterocycles. The van der Waals surface area contributed by atoms with E-state index in [1.807, 2.05) is 26.8 Å². The predicted octanol–water partition coefficient (Wildman–Crippen LogP) is 4.55. The number of thiazole rings is 1. The Kier molecular flexibility index (Phi) is 7.87. The first-order valence-corrected chi connectivity index (χ1v) is 13.1. The van der Waals surface area contributed by atoms with E-state index in [-0.39, 0.29) is 4.90 Å². The highest BCUT2D eigenvalue weighted by Crippen LogP contribution is 2.33. The number of carbonyl (C=O) groups is 1. The van der Waals surface area contributed by atoms with Gasteiger partial charge in [0.2, 0.25) is 5.91 Å². The normalized spacial score (nSPS) is 11.9. The van der Waals surface area contributed by atoms with Crippen LogP contribution in [0.2, 0.25) is 5.02 Å². The first-order valence-electron chi connectivity index (χ1n) is 10.2. The van der Waals surface area contributed by atoms with Crippen LogP contribution >= 0.6 is 22.9 Å². The highest BCUT2D eigenvalue weighted by molar-refractivity contribution is 7.92. The van der Waals surface area contributed by atoms with Crippen LogP contribution in [-0.4, -0.2) is 56.1 Å². The van der Waals surface area contributed by atoms with E-state index in [0.717, 1.165) is 35.5 Å². The van der Waals surface area contributed by atoms with Gasteiger partial charge in [0.05, 0.1) is 15.1 Å². The van der Waals surface area contributed by atoms with E-state index in [0.29, 0.717) is 28.8 Å². The number of carbonyl (C=O) groups excluding carboxylic acids is 1. The van der Waals surface area contributed by atoms with Gasteiger partial charge in [-0.3, -0.25) is 9.69 Å². The van der Waals surface area contributed by atoms with Crippen molar-refractivity contribution in [3.8, 4) is 0 Å². The fraction of sp³-hybridized carbons (Fsp3) is 0.364. The number of halogens is 2. The molecule has 3 aromatic rings. The summed E-state index contributed by atoms with van der Waals surface area (Å²) >= 11 is 7.54. The molecule has 0 saturated carbocycles. The molecule has 1 heterocycles. The second-order valence-corrected chi connectivity index (χ2v) is 10.7. The number of aromatic nitrogens is 1. The second kappa shape index (κ2) is 10.2. The van der Waals surface area contributed by atoms with Crippen molar-refractivity contribution in [3.05, 3.63) is 52.8 Å². The minimum absolute atomic E-state index is 0.0946. The molecule has 0 aliphatic carbocycles. The van der Waals surface area contributed by atoms with Gasteiger partial charge in [-0.2, -0.15) is 0 Å². The van der Waals surface area contributed by atoms with Gasteiger partial charge in [0.25, 0.3) is 0 Å². The summed E-state index contributed by atoms with van der Waals surface area (Å²) in [7, 11) is -3.94. The highest BCUT2D eigenvalue weighted by Gasteiger charge is 2.27. The third kappa shape index (κ3) is 5.46. The molecule has 0 saturated heterocycles. The lowest BCUT2D eigenvalue weighted by Crippen LogP contribution is -2.41. The summed E-state index contributed by atoms with van der Waals surface area (Å²) in [4.78, 5) is 21.3. The summed E-state index contributed by atoms with van der Waals surface area (Å²) in [6, 6.07) is 8.09. The summed E-state index contributed by atoms with van der Waals surface area (Å²) in [5, 5.41) is 1.01. The smallest absolute Gasteiger partial charge is 0.244 e. The number of hydrogen-bond acceptors (Lipinski definition) is 6. The minimum atomic E-state index is -3.94. The Morgan fingerprint density at radius 3 is 2.38 bits per heavy atom. The standard InChI is InChI=1S/C22H25ClFN3O3S2/c1-4-26(5-2)12-13-27(22-25-21-15(3)18(23)10-11-19(21)31-22)20(28)14-32(29,30)17-8-6-16(24)7-9-17/h6-11H,4-5,12-14H2,1-3H3. The maximum atomic E-state index is 13.2. The van der Waals surface area contributed by atoms with Gasteiger partial charge in [0.1, 0.15) is 11.6 Å². The van der Waals surface area contributed by atoms with Crippen molar-refractivity contribution in [2.24, 2.45) is 0 Å². The number of hydrogen-bond donors (Lipinski definition) is 0. The third-order valence-electron chi connectivity index (χ3n) is 5.29. The summed E-state index contributed by atoms with van der Waals surface area (Å²) in [5.41, 5.74) is 1.50. The number of sulfone groups is 1. The van der Waals surface area contributed by atoms with Gasteiger partial charge in [-0.15, -0.1) is 0 Å². The van der Waals surface area contributed by atoms with Gasteiger partial charge in [-0.1, -0.05) is 36.8 Å². The van der Waals surface area contributed by atoms with Crippen molar-refractivity contribution in [2.75, 3.05) is 36.8 Å². The maximum Gasteiger partial charge on any atom is 0.244 e. The lowest BCUT2D eigenvalue weighted by Gasteiger charge is -2.24. The van der Waals surface area contributed by atoms with E-state index >= 15 is 0 Å². The van der Waals surface area contributed by atoms with Crippen molar-refractivity contribution in [3.63, 3.8) is 0 Å². The van der Waals surface area contributed by atoms with Gasteiger partial charge < -0.3 is 4.90 Å². The van der Waals surface area contributed by atoms with Crippen LogP contribution in [0, 0.1) is 12.7 Å². The molecule has 3 rings (SSSR count). The molecule has 172 valence electrons. The molecule has 0 fully saturated rings. The number of nitrogens with zero attached hydrogens (tertiary/aromatic N) is 3. The van der Waals surface area contributed by atoms with E-state index in [2.05, 4.69) is 9.88 Å². The molecule has 0 spiro atoms. The quantitative estimate of drug-likeness (QED) is 0.406. The van der Waals surface area contributed by atoms with Crippen LogP contribution in [0.5, 0.6) is 0 Å². The molecule has 0 unspecified atom stereocenters. The first kappa shape index (κ1) is 24.6. The molecule has 2 aromatic carbocycles. The molecule has 0 bridgehead atoms. The number of likely N-dealkylation sites (N-methyl/N-ethyl adjacent to an activating group) is 1. The Bertz CT molecular complexity index is 1210. The van der Waals surface area contributed by atoms with Gasteiger partial charge in [0, 0.05) is 18.1 Å². The number of amides is 1. The Labute approximate surface area is 196 Å². The molecule has 0 atom stereocenters. The molecule has 6 nitrogen and oxygen atoms in total. The molecule has 0 radical (unpaired) electrons. The summed E-state index contributed by atoms with van der Waals surface area (Å²) in [5.74, 6) is -1.85. The Balaban J connectivity index is 1.94. The number of rotatable bonds is 9. The first-order chi connectivity index (χ1) is 15.2. The van der Waals surface area contributed by atoms with E-state index in [4.69, 9.17) is 11.6 Å². The molecule has 0 N–H and O–H groups in total. The lowest BCUT2D eigenvalue weighted by atomic mass is 10.2. The molecular formula is C22H25ClFN3O3S2. The minimum Gasteiger partial charge on any atom is -0.302 e. The summed E-state index contributed by atoms with van der Waals surface area (Å²) in [6.07, 6.45) is 0. The number of aryl methyl sites for hydroxylation is 1. The van der Waals surface area contributed by atoms with E-state index < -0.39 is 27.3 Å². The third-order valence-corrected chi connectivity index (χ3v) is 8.36. The van der Waals surface area contributed by atoms with Crippen LogP contribution in [-0.2, 0) is 14.6 Å². The number of anilines is 1. The summed E-state index contributed by atoms with van der Waals surface area (Å²) < 4.78 is 39.7. The van der Waals surface area contributed by atoms with Crippen molar-refractivity contribution in [1.82, 2.24) is 9.88 Å². The largest absolute Gasteiger partial charge is 0.302 e. The average molecular weight is 498 g/mol. The van der Waals surface area contributed by atoms with Crippen LogP contribution < -0.4 is 4.90 Å². The zero-order valence-corrected chi connectivity index (χ0v) is 20.5. The zero-order chi connectivity index (χ0) is 23.5. The Morgan fingerprint density at radius 2 is 1.75 bits per heavy atom. The SMILES string of the molecule is CCN(CC)CCN(C(=O)CS(=O)(=O)c1ccc(F)cc1)c1nc2c(C)c(Cl)ccc2s1. The van der Waals surface area contributed by atoms with Gasteiger partial charge in [0.15, 0.2) is 15.0 Å². The van der Waals surface area contributed by atoms with Gasteiger partial charge in [-0.25, -0.2) is 17.8 Å². The van der Waals surface area contributed by atoms with E-state index in [9.17, 15) is 17.6 Å². The summed E-state index contributed by atoms with van der Waals surface area (Å²) in [6.45, 7) is 8.39. The molecule has 32 heavy (non-hydrogen) atoms. The van der Waals surface area contributed by atoms with Crippen LogP contribution in [0.3, 0.4) is 0 Å². The van der Waals surface area contributed by atoms with Crippen molar-refractivity contribution >= 4 is 54.0 Å². The molecule has 10 heteroatoms. The van der Waals surface area contributed by atoms with E-state index in [1.54, 1.807) is 6.07 Å². The average Bonchev–Trinajstić information content (AvgIpc) is 3.18. The Hall–Kier alpha value is -2.07. The van der Waals surface area contributed by atoms with E-state index in [1.165, 1.54) is 28.4 Å². The Morgan fingerprint density at radius 1 is 1.09 bits per heavy atom. The van der Waals surface area contributed by atoms with Crippen LogP contribution in [0.4, 0.5) is 9.52 Å². The van der Waals surface area contributed by atoms with Crippen LogP contribution in [0.15, 0.2) is 41.3 Å². The monoisotopic (exact) mass is 497 g/mol. The molecular weight excluding hydrogens is 473 g/mol. The van der Waals surface area contributed by atoms with Crippen LogP contribution in [0.25, 0.3) is 10.2 Å². The zero-order valence-electron chi connectivity index (χ0n) is 18.1.